The molecule has 34 heavy (non-hydrogen) atoms. The Hall–Kier alpha value is -5.00. The van der Waals surface area contributed by atoms with Crippen molar-refractivity contribution in [1.82, 2.24) is 41.2 Å². The second-order valence-corrected chi connectivity index (χ2v) is 7.19. The highest BCUT2D eigenvalue weighted by molar-refractivity contribution is 6.08. The second kappa shape index (κ2) is 8.50. The lowest BCUT2D eigenvalue weighted by molar-refractivity contribution is 0.0847. The summed E-state index contributed by atoms with van der Waals surface area (Å²) in [5.41, 5.74) is 6.71. The van der Waals surface area contributed by atoms with Crippen LogP contribution in [0.1, 0.15) is 26.4 Å². The Morgan fingerprint density at radius 2 is 1.79 bits per heavy atom. The van der Waals surface area contributed by atoms with Crippen molar-refractivity contribution in [2.45, 2.75) is 6.92 Å². The third-order valence-corrected chi connectivity index (χ3v) is 5.04. The highest BCUT2D eigenvalue weighted by atomic mass is 19.1. The summed E-state index contributed by atoms with van der Waals surface area (Å²) < 4.78 is 21.0. The zero-order valence-electron chi connectivity index (χ0n) is 17.6. The number of aryl methyl sites for hydroxylation is 1. The van der Waals surface area contributed by atoms with E-state index >= 15 is 0 Å². The van der Waals surface area contributed by atoms with Crippen LogP contribution in [0.2, 0.25) is 0 Å². The molecule has 0 unspecified atom stereocenters. The molecule has 2 aromatic carbocycles. The molecule has 5 rings (SSSR count). The van der Waals surface area contributed by atoms with Crippen molar-refractivity contribution in [3.63, 3.8) is 0 Å². The number of hydrogen-bond acceptors (Lipinski definition) is 8. The number of rotatable bonds is 4. The number of benzene rings is 2. The van der Waals surface area contributed by atoms with Crippen molar-refractivity contribution >= 4 is 22.9 Å². The second-order valence-electron chi connectivity index (χ2n) is 7.19. The molecule has 2 amide bonds. The summed E-state index contributed by atoms with van der Waals surface area (Å²) in [5.74, 6) is -1.69. The molecule has 0 saturated heterocycles. The topological polar surface area (TPSA) is 141 Å². The van der Waals surface area contributed by atoms with Gasteiger partial charge in [0.15, 0.2) is 0 Å². The Morgan fingerprint density at radius 3 is 2.53 bits per heavy atom. The summed E-state index contributed by atoms with van der Waals surface area (Å²) in [6, 6.07) is 13.9. The van der Waals surface area contributed by atoms with Gasteiger partial charge in [-0.15, -0.1) is 5.10 Å². The average molecular weight is 458 g/mol. The molecule has 0 aliphatic carbocycles. The van der Waals surface area contributed by atoms with E-state index in [-0.39, 0.29) is 22.5 Å². The fourth-order valence-electron chi connectivity index (χ4n) is 3.38. The van der Waals surface area contributed by atoms with Crippen LogP contribution in [0, 0.1) is 12.7 Å². The fraction of sp³-hybridized carbons (Fsp3) is 0.0455. The van der Waals surface area contributed by atoms with Gasteiger partial charge < -0.3 is 4.52 Å². The zero-order valence-corrected chi connectivity index (χ0v) is 17.6. The maximum absolute atomic E-state index is 14.3. The summed E-state index contributed by atoms with van der Waals surface area (Å²) >= 11 is 0. The number of hydrogen-bond donors (Lipinski definition) is 2. The first-order chi connectivity index (χ1) is 16.5. The van der Waals surface area contributed by atoms with Crippen molar-refractivity contribution in [3.8, 4) is 16.9 Å². The molecule has 0 radical (unpaired) electrons. The lowest BCUT2D eigenvalue weighted by Gasteiger charge is -2.10. The molecular formula is C22H15FN8O3. The van der Waals surface area contributed by atoms with Crippen LogP contribution in [-0.4, -0.2) is 42.2 Å². The van der Waals surface area contributed by atoms with Gasteiger partial charge in [0.05, 0.1) is 28.0 Å². The van der Waals surface area contributed by atoms with E-state index in [2.05, 4.69) is 36.5 Å². The van der Waals surface area contributed by atoms with E-state index in [0.29, 0.717) is 22.3 Å². The molecule has 12 heteroatoms. The Kier molecular flexibility index (Phi) is 5.22. The third-order valence-electron chi connectivity index (χ3n) is 5.04. The van der Waals surface area contributed by atoms with Crippen LogP contribution in [0.4, 0.5) is 4.39 Å². The van der Waals surface area contributed by atoms with Gasteiger partial charge >= 0.3 is 0 Å². The normalized spacial score (nSPS) is 10.9. The van der Waals surface area contributed by atoms with Gasteiger partial charge in [0, 0.05) is 11.1 Å². The molecule has 0 saturated carbocycles. The number of amides is 2. The molecule has 3 heterocycles. The highest BCUT2D eigenvalue weighted by Crippen LogP contribution is 2.28. The smallest absolute Gasteiger partial charge is 0.270 e. The quantitative estimate of drug-likeness (QED) is 0.391. The Balaban J connectivity index is 1.38. The summed E-state index contributed by atoms with van der Waals surface area (Å²) in [5, 5.41) is 15.1. The Morgan fingerprint density at radius 1 is 1.03 bits per heavy atom. The van der Waals surface area contributed by atoms with Crippen molar-refractivity contribution in [3.05, 3.63) is 83.6 Å². The SMILES string of the molecule is Cc1noc2nc(-c3ccccc3F)cc(C(=O)NNC(=O)c3ccc(-n4cnnn4)cc3)c12. The minimum atomic E-state index is -0.644. The summed E-state index contributed by atoms with van der Waals surface area (Å²) in [6.45, 7) is 1.65. The number of hydrazine groups is 1. The van der Waals surface area contributed by atoms with Crippen LogP contribution in [-0.2, 0) is 0 Å². The number of fused-ring (bicyclic) bond motifs is 1. The lowest BCUT2D eigenvalue weighted by atomic mass is 10.0. The van der Waals surface area contributed by atoms with Crippen molar-refractivity contribution < 1.29 is 18.5 Å². The van der Waals surface area contributed by atoms with Crippen LogP contribution in [0.25, 0.3) is 28.0 Å². The van der Waals surface area contributed by atoms with Gasteiger partial charge in [-0.2, -0.15) is 0 Å². The molecule has 0 aliphatic rings. The lowest BCUT2D eigenvalue weighted by Crippen LogP contribution is -2.41. The summed E-state index contributed by atoms with van der Waals surface area (Å²) in [4.78, 5) is 29.8. The number of nitrogens with zero attached hydrogens (tertiary/aromatic N) is 6. The van der Waals surface area contributed by atoms with E-state index in [0.717, 1.165) is 0 Å². The van der Waals surface area contributed by atoms with Gasteiger partial charge in [0.25, 0.3) is 17.5 Å². The van der Waals surface area contributed by atoms with E-state index in [1.54, 1.807) is 43.3 Å². The fourth-order valence-corrected chi connectivity index (χ4v) is 3.38. The summed E-state index contributed by atoms with van der Waals surface area (Å²) in [7, 11) is 0. The van der Waals surface area contributed by atoms with Crippen LogP contribution < -0.4 is 10.9 Å². The first kappa shape index (κ1) is 20.9. The molecule has 0 aliphatic heterocycles. The highest BCUT2D eigenvalue weighted by Gasteiger charge is 2.21. The maximum atomic E-state index is 14.3. The number of tetrazole rings is 1. The number of pyridine rings is 1. The number of carbonyl (C=O) groups excluding carboxylic acids is 2. The monoisotopic (exact) mass is 458 g/mol. The number of aromatic nitrogens is 6. The molecule has 0 fully saturated rings. The minimum absolute atomic E-state index is 0.0768. The molecule has 3 aromatic heterocycles. The zero-order chi connectivity index (χ0) is 23.7. The molecule has 5 aromatic rings. The van der Waals surface area contributed by atoms with E-state index in [1.807, 2.05) is 0 Å². The maximum Gasteiger partial charge on any atom is 0.270 e. The number of nitrogens with one attached hydrogen (secondary N) is 2. The summed E-state index contributed by atoms with van der Waals surface area (Å²) in [6.07, 6.45) is 1.42. The van der Waals surface area contributed by atoms with Crippen LogP contribution in [0.5, 0.6) is 0 Å². The van der Waals surface area contributed by atoms with Crippen LogP contribution >= 0.6 is 0 Å². The predicted octanol–water partition coefficient (Wildman–Crippen LogP) is 2.39. The molecular weight excluding hydrogens is 443 g/mol. The third kappa shape index (κ3) is 3.83. The van der Waals surface area contributed by atoms with Crippen LogP contribution in [0.3, 0.4) is 0 Å². The van der Waals surface area contributed by atoms with Crippen molar-refractivity contribution in [2.75, 3.05) is 0 Å². The Labute approximate surface area is 190 Å². The van der Waals surface area contributed by atoms with Crippen LogP contribution in [0.15, 0.2) is 65.4 Å². The van der Waals surface area contributed by atoms with Gasteiger partial charge in [0.1, 0.15) is 12.1 Å². The molecule has 11 nitrogen and oxygen atoms in total. The van der Waals surface area contributed by atoms with Gasteiger partial charge in [-0.05, 0) is 59.8 Å². The van der Waals surface area contributed by atoms with E-state index in [9.17, 15) is 14.0 Å². The van der Waals surface area contributed by atoms with Gasteiger partial charge in [-0.1, -0.05) is 17.3 Å². The van der Waals surface area contributed by atoms with E-state index in [4.69, 9.17) is 4.52 Å². The first-order valence-electron chi connectivity index (χ1n) is 9.97. The number of carbonyl (C=O) groups is 2. The average Bonchev–Trinajstić information content (AvgIpc) is 3.53. The van der Waals surface area contributed by atoms with Gasteiger partial charge in [0.2, 0.25) is 0 Å². The molecule has 168 valence electrons. The van der Waals surface area contributed by atoms with Gasteiger partial charge in [-0.25, -0.2) is 14.1 Å². The Bertz CT molecular complexity index is 1510. The van der Waals surface area contributed by atoms with E-state index in [1.165, 1.54) is 29.2 Å². The van der Waals surface area contributed by atoms with Gasteiger partial charge in [-0.3, -0.25) is 20.4 Å². The van der Waals surface area contributed by atoms with E-state index < -0.39 is 17.6 Å². The van der Waals surface area contributed by atoms with Crippen molar-refractivity contribution in [1.29, 1.82) is 0 Å². The molecule has 0 bridgehead atoms. The standard InChI is InChI=1S/C22H15FN8O3/c1-12-19-16(10-18(25-22(19)34-28-12)15-4-2-3-5-17(15)23)21(33)27-26-20(32)13-6-8-14(9-7-13)31-11-24-29-30-31/h2-11H,1H3,(H,26,32)(H,27,33). The largest absolute Gasteiger partial charge is 0.335 e. The molecule has 0 spiro atoms. The minimum Gasteiger partial charge on any atom is -0.335 e. The molecule has 0 atom stereocenters. The predicted molar refractivity (Wildman–Crippen MR) is 116 cm³/mol. The number of halogens is 1. The molecule has 2 N–H and O–H groups in total. The van der Waals surface area contributed by atoms with Crippen molar-refractivity contribution in [2.24, 2.45) is 0 Å². The first-order valence-corrected chi connectivity index (χ1v) is 9.97.